The highest BCUT2D eigenvalue weighted by Crippen LogP contribution is 2.32. The highest BCUT2D eigenvalue weighted by molar-refractivity contribution is 5.86. The minimum atomic E-state index is -1.57. The van der Waals surface area contributed by atoms with Gasteiger partial charge in [-0.25, -0.2) is 4.79 Å². The van der Waals surface area contributed by atoms with Crippen molar-refractivity contribution in [3.8, 4) is 5.75 Å². The summed E-state index contributed by atoms with van der Waals surface area (Å²) in [4.78, 5) is 26.5. The van der Waals surface area contributed by atoms with Crippen molar-refractivity contribution in [3.05, 3.63) is 76.0 Å². The van der Waals surface area contributed by atoms with Crippen LogP contribution in [0.3, 0.4) is 0 Å². The quantitative estimate of drug-likeness (QED) is 0.309. The average molecular weight is 412 g/mol. The first-order chi connectivity index (χ1) is 14.5. The van der Waals surface area contributed by atoms with Crippen molar-refractivity contribution in [2.45, 2.75) is 25.5 Å². The molecule has 0 radical (unpaired) electrons. The fourth-order valence-electron chi connectivity index (χ4n) is 3.41. The smallest absolute Gasteiger partial charge is 0.382 e. The number of hydrogen-bond donors (Lipinski definition) is 1. The number of carbonyl (C=O) groups excluding carboxylic acids is 1. The lowest BCUT2D eigenvalue weighted by Gasteiger charge is -2.19. The molecule has 0 saturated carbocycles. The summed E-state index contributed by atoms with van der Waals surface area (Å²) in [6.07, 6.45) is 1.67. The van der Waals surface area contributed by atoms with Gasteiger partial charge in [-0.3, -0.25) is 10.1 Å². The number of aromatic nitrogens is 1. The number of H-pyrrole nitrogens is 1. The molecule has 0 fully saturated rings. The number of benzene rings is 2. The molecule has 2 aromatic carbocycles. The lowest BCUT2D eigenvalue weighted by molar-refractivity contribution is -0.515. The highest BCUT2D eigenvalue weighted by atomic mass is 16.6. The first kappa shape index (κ1) is 21.3. The topological polar surface area (TPSA) is 104 Å². The molecule has 3 rings (SSSR count). The summed E-state index contributed by atoms with van der Waals surface area (Å²) in [6, 6.07) is 13.7. The van der Waals surface area contributed by atoms with E-state index in [2.05, 4.69) is 4.98 Å². The van der Waals surface area contributed by atoms with Crippen LogP contribution in [0.1, 0.15) is 24.0 Å². The van der Waals surface area contributed by atoms with Gasteiger partial charge in [0.1, 0.15) is 12.4 Å². The van der Waals surface area contributed by atoms with Crippen molar-refractivity contribution < 1.29 is 23.9 Å². The van der Waals surface area contributed by atoms with E-state index >= 15 is 0 Å². The second-order valence-electron chi connectivity index (χ2n) is 6.77. The molecule has 8 heteroatoms. The Labute approximate surface area is 173 Å². The Morgan fingerprint density at radius 3 is 2.63 bits per heavy atom. The van der Waals surface area contributed by atoms with E-state index in [-0.39, 0.29) is 13.2 Å². The third-order valence-electron chi connectivity index (χ3n) is 4.82. The first-order valence-corrected chi connectivity index (χ1v) is 9.62. The van der Waals surface area contributed by atoms with Crippen LogP contribution in [0.2, 0.25) is 0 Å². The average Bonchev–Trinajstić information content (AvgIpc) is 3.15. The SMILES string of the molecule is CCOC(=O)C(C(COC)c1c[nH]c2ccc(OCc3ccccc3)cc12)[N+](=O)[O-]. The minimum absolute atomic E-state index is 0.00743. The number of aromatic amines is 1. The normalized spacial score (nSPS) is 13.0. The zero-order valence-corrected chi connectivity index (χ0v) is 16.9. The fraction of sp³-hybridized carbons (Fsp3) is 0.318. The summed E-state index contributed by atoms with van der Waals surface area (Å²) >= 11 is 0. The van der Waals surface area contributed by atoms with Crippen LogP contribution in [-0.4, -0.2) is 42.2 Å². The van der Waals surface area contributed by atoms with E-state index in [1.807, 2.05) is 48.5 Å². The summed E-state index contributed by atoms with van der Waals surface area (Å²) in [5, 5.41) is 12.4. The Bertz CT molecular complexity index is 1000. The van der Waals surface area contributed by atoms with E-state index in [4.69, 9.17) is 14.2 Å². The van der Waals surface area contributed by atoms with Crippen molar-refractivity contribution in [3.63, 3.8) is 0 Å². The van der Waals surface area contributed by atoms with Crippen molar-refractivity contribution in [1.82, 2.24) is 4.98 Å². The molecule has 0 aliphatic carbocycles. The molecular formula is C22H24N2O6. The van der Waals surface area contributed by atoms with E-state index in [1.165, 1.54) is 7.11 Å². The molecule has 0 saturated heterocycles. The standard InChI is InChI=1S/C22H24N2O6/c1-3-29-22(25)21(24(26)27)19(14-28-2)18-12-23-20-10-9-16(11-17(18)20)30-13-15-7-5-4-6-8-15/h4-12,19,21,23H,3,13-14H2,1-2H3. The van der Waals surface area contributed by atoms with Gasteiger partial charge in [-0.2, -0.15) is 0 Å². The number of hydrogen-bond acceptors (Lipinski definition) is 6. The van der Waals surface area contributed by atoms with Gasteiger partial charge in [0.05, 0.1) is 19.1 Å². The number of fused-ring (bicyclic) bond motifs is 1. The van der Waals surface area contributed by atoms with Gasteiger partial charge in [-0.1, -0.05) is 30.3 Å². The van der Waals surface area contributed by atoms with Crippen LogP contribution < -0.4 is 4.74 Å². The molecule has 1 N–H and O–H groups in total. The predicted octanol–water partition coefficient (Wildman–Crippen LogP) is 3.69. The minimum Gasteiger partial charge on any atom is -0.489 e. The molecule has 0 spiro atoms. The lowest BCUT2D eigenvalue weighted by atomic mass is 9.92. The van der Waals surface area contributed by atoms with E-state index < -0.39 is 22.9 Å². The second-order valence-corrected chi connectivity index (χ2v) is 6.77. The summed E-state index contributed by atoms with van der Waals surface area (Å²) in [5.41, 5.74) is 2.41. The van der Waals surface area contributed by atoms with Crippen LogP contribution in [0.25, 0.3) is 10.9 Å². The van der Waals surface area contributed by atoms with Crippen LogP contribution in [0.15, 0.2) is 54.7 Å². The van der Waals surface area contributed by atoms with Crippen molar-refractivity contribution in [1.29, 1.82) is 0 Å². The van der Waals surface area contributed by atoms with Gasteiger partial charge in [0.15, 0.2) is 0 Å². The number of esters is 1. The molecule has 2 atom stereocenters. The van der Waals surface area contributed by atoms with Gasteiger partial charge in [0.2, 0.25) is 0 Å². The molecule has 8 nitrogen and oxygen atoms in total. The van der Waals surface area contributed by atoms with Crippen molar-refractivity contribution in [2.75, 3.05) is 20.3 Å². The Hall–Kier alpha value is -3.39. The van der Waals surface area contributed by atoms with Crippen LogP contribution in [0.4, 0.5) is 0 Å². The largest absolute Gasteiger partial charge is 0.489 e. The van der Waals surface area contributed by atoms with Gasteiger partial charge in [0, 0.05) is 29.1 Å². The van der Waals surface area contributed by atoms with Crippen LogP contribution >= 0.6 is 0 Å². The van der Waals surface area contributed by atoms with Crippen LogP contribution in [0, 0.1) is 10.1 Å². The number of ether oxygens (including phenoxy) is 3. The summed E-state index contributed by atoms with van der Waals surface area (Å²) in [7, 11) is 1.44. The summed E-state index contributed by atoms with van der Waals surface area (Å²) < 4.78 is 16.0. The summed E-state index contributed by atoms with van der Waals surface area (Å²) in [5.74, 6) is -1.07. The number of methoxy groups -OCH3 is 1. The monoisotopic (exact) mass is 412 g/mol. The number of nitrogens with zero attached hydrogens (tertiary/aromatic N) is 1. The maximum atomic E-state index is 12.3. The zero-order valence-electron chi connectivity index (χ0n) is 16.9. The van der Waals surface area contributed by atoms with E-state index in [1.54, 1.807) is 13.1 Å². The maximum absolute atomic E-state index is 12.3. The predicted molar refractivity (Wildman–Crippen MR) is 111 cm³/mol. The van der Waals surface area contributed by atoms with Gasteiger partial charge < -0.3 is 19.2 Å². The van der Waals surface area contributed by atoms with E-state index in [0.717, 1.165) is 16.5 Å². The Morgan fingerprint density at radius 1 is 1.20 bits per heavy atom. The fourth-order valence-corrected chi connectivity index (χ4v) is 3.41. The van der Waals surface area contributed by atoms with Crippen LogP contribution in [0.5, 0.6) is 5.75 Å². The maximum Gasteiger partial charge on any atom is 0.382 e. The molecule has 0 amide bonds. The molecule has 0 bridgehead atoms. The Morgan fingerprint density at radius 2 is 1.97 bits per heavy atom. The number of rotatable bonds is 10. The molecule has 1 heterocycles. The second kappa shape index (κ2) is 9.89. The Kier molecular flexibility index (Phi) is 7.03. The molecule has 30 heavy (non-hydrogen) atoms. The van der Waals surface area contributed by atoms with Gasteiger partial charge >= 0.3 is 12.0 Å². The third-order valence-corrected chi connectivity index (χ3v) is 4.82. The molecule has 0 aliphatic rings. The molecule has 0 aliphatic heterocycles. The van der Waals surface area contributed by atoms with Crippen LogP contribution in [-0.2, 0) is 20.9 Å². The number of nitrogens with one attached hydrogen (secondary N) is 1. The van der Waals surface area contributed by atoms with Gasteiger partial charge in [-0.15, -0.1) is 0 Å². The zero-order chi connectivity index (χ0) is 21.5. The molecule has 2 unspecified atom stereocenters. The Balaban J connectivity index is 1.93. The molecule has 1 aromatic heterocycles. The number of nitro groups is 1. The van der Waals surface area contributed by atoms with E-state index in [0.29, 0.717) is 17.9 Å². The molecule has 3 aromatic rings. The molecular weight excluding hydrogens is 388 g/mol. The van der Waals surface area contributed by atoms with E-state index in [9.17, 15) is 14.9 Å². The highest BCUT2D eigenvalue weighted by Gasteiger charge is 2.42. The van der Waals surface area contributed by atoms with Gasteiger partial charge in [0.25, 0.3) is 0 Å². The van der Waals surface area contributed by atoms with Gasteiger partial charge in [-0.05, 0) is 36.2 Å². The lowest BCUT2D eigenvalue weighted by Crippen LogP contribution is -2.39. The number of carbonyl (C=O) groups is 1. The van der Waals surface area contributed by atoms with Crippen molar-refractivity contribution >= 4 is 16.9 Å². The summed E-state index contributed by atoms with van der Waals surface area (Å²) in [6.45, 7) is 2.07. The first-order valence-electron chi connectivity index (χ1n) is 9.62. The molecule has 158 valence electrons. The van der Waals surface area contributed by atoms with Crippen molar-refractivity contribution in [2.24, 2.45) is 0 Å². The third kappa shape index (κ3) is 4.77.